The topological polar surface area (TPSA) is 69.8 Å². The third-order valence-corrected chi connectivity index (χ3v) is 3.25. The number of carbonyl (C=O) groups excluding carboxylic acids is 1. The Kier molecular flexibility index (Phi) is 5.37. The van der Waals surface area contributed by atoms with Crippen LogP contribution in [0.1, 0.15) is 35.1 Å². The SMILES string of the molecule is CCCNc1ccc(C(=O)NCCc2ncc[nH]2)c(C)c1. The molecule has 1 aromatic heterocycles. The maximum atomic E-state index is 12.2. The number of nitrogens with one attached hydrogen (secondary N) is 3. The summed E-state index contributed by atoms with van der Waals surface area (Å²) in [5, 5.41) is 6.24. The Hall–Kier alpha value is -2.30. The number of amides is 1. The van der Waals surface area contributed by atoms with Crippen LogP contribution in [-0.4, -0.2) is 29.0 Å². The molecule has 0 saturated heterocycles. The van der Waals surface area contributed by atoms with Gasteiger partial charge in [0.05, 0.1) is 0 Å². The number of anilines is 1. The summed E-state index contributed by atoms with van der Waals surface area (Å²) in [7, 11) is 0. The van der Waals surface area contributed by atoms with Gasteiger partial charge in [-0.15, -0.1) is 0 Å². The summed E-state index contributed by atoms with van der Waals surface area (Å²) in [6.07, 6.45) is 5.27. The lowest BCUT2D eigenvalue weighted by Crippen LogP contribution is -2.26. The van der Waals surface area contributed by atoms with Gasteiger partial charge in [-0.05, 0) is 37.1 Å². The molecule has 1 aromatic carbocycles. The first-order chi connectivity index (χ1) is 10.2. The Balaban J connectivity index is 1.89. The molecule has 5 nitrogen and oxygen atoms in total. The fourth-order valence-corrected chi connectivity index (χ4v) is 2.12. The summed E-state index contributed by atoms with van der Waals surface area (Å²) in [4.78, 5) is 19.3. The third-order valence-electron chi connectivity index (χ3n) is 3.25. The van der Waals surface area contributed by atoms with E-state index in [0.717, 1.165) is 35.6 Å². The fourth-order valence-electron chi connectivity index (χ4n) is 2.12. The monoisotopic (exact) mass is 286 g/mol. The highest BCUT2D eigenvalue weighted by atomic mass is 16.1. The van der Waals surface area contributed by atoms with Crippen molar-refractivity contribution in [2.75, 3.05) is 18.4 Å². The van der Waals surface area contributed by atoms with Gasteiger partial charge in [0, 0.05) is 43.2 Å². The van der Waals surface area contributed by atoms with Crippen LogP contribution in [0.15, 0.2) is 30.6 Å². The van der Waals surface area contributed by atoms with E-state index in [2.05, 4.69) is 27.5 Å². The molecule has 0 radical (unpaired) electrons. The highest BCUT2D eigenvalue weighted by molar-refractivity contribution is 5.96. The minimum absolute atomic E-state index is 0.0407. The van der Waals surface area contributed by atoms with Crippen LogP contribution in [0.25, 0.3) is 0 Å². The normalized spacial score (nSPS) is 10.4. The molecule has 0 bridgehead atoms. The zero-order valence-electron chi connectivity index (χ0n) is 12.6. The number of aryl methyl sites for hydroxylation is 1. The zero-order chi connectivity index (χ0) is 15.1. The van der Waals surface area contributed by atoms with Gasteiger partial charge in [-0.1, -0.05) is 6.92 Å². The van der Waals surface area contributed by atoms with E-state index in [9.17, 15) is 4.79 Å². The predicted molar refractivity (Wildman–Crippen MR) is 84.6 cm³/mol. The van der Waals surface area contributed by atoms with Gasteiger partial charge in [0.25, 0.3) is 5.91 Å². The van der Waals surface area contributed by atoms with Gasteiger partial charge in [-0.3, -0.25) is 4.79 Å². The van der Waals surface area contributed by atoms with Gasteiger partial charge in [-0.25, -0.2) is 4.98 Å². The number of imidazole rings is 1. The molecule has 0 unspecified atom stereocenters. The number of nitrogens with zero attached hydrogens (tertiary/aromatic N) is 1. The summed E-state index contributed by atoms with van der Waals surface area (Å²) >= 11 is 0. The number of rotatable bonds is 7. The van der Waals surface area contributed by atoms with E-state index in [4.69, 9.17) is 0 Å². The first kappa shape index (κ1) is 15.1. The van der Waals surface area contributed by atoms with Crippen LogP contribution < -0.4 is 10.6 Å². The van der Waals surface area contributed by atoms with Gasteiger partial charge in [-0.2, -0.15) is 0 Å². The van der Waals surface area contributed by atoms with E-state index in [0.29, 0.717) is 13.0 Å². The second-order valence-corrected chi connectivity index (χ2v) is 5.00. The molecule has 0 fully saturated rings. The number of H-pyrrole nitrogens is 1. The summed E-state index contributed by atoms with van der Waals surface area (Å²) in [5.74, 6) is 0.840. The van der Waals surface area contributed by atoms with Crippen molar-refractivity contribution < 1.29 is 4.79 Å². The second-order valence-electron chi connectivity index (χ2n) is 5.00. The van der Waals surface area contributed by atoms with Crippen LogP contribution in [0.4, 0.5) is 5.69 Å². The zero-order valence-corrected chi connectivity index (χ0v) is 12.6. The number of aromatic nitrogens is 2. The molecule has 2 rings (SSSR count). The Morgan fingerprint density at radius 2 is 2.19 bits per heavy atom. The van der Waals surface area contributed by atoms with E-state index in [-0.39, 0.29) is 5.91 Å². The van der Waals surface area contributed by atoms with E-state index in [1.54, 1.807) is 12.4 Å². The van der Waals surface area contributed by atoms with Gasteiger partial charge in [0.1, 0.15) is 5.82 Å². The molecule has 0 aliphatic heterocycles. The minimum Gasteiger partial charge on any atom is -0.385 e. The number of aromatic amines is 1. The van der Waals surface area contributed by atoms with E-state index < -0.39 is 0 Å². The van der Waals surface area contributed by atoms with Crippen LogP contribution in [0.3, 0.4) is 0 Å². The summed E-state index contributed by atoms with van der Waals surface area (Å²) < 4.78 is 0. The van der Waals surface area contributed by atoms with Crippen molar-refractivity contribution in [2.45, 2.75) is 26.7 Å². The Morgan fingerprint density at radius 3 is 2.86 bits per heavy atom. The number of benzene rings is 1. The molecule has 0 spiro atoms. The molecule has 0 saturated carbocycles. The Morgan fingerprint density at radius 1 is 1.33 bits per heavy atom. The van der Waals surface area contributed by atoms with Crippen molar-refractivity contribution in [2.24, 2.45) is 0 Å². The number of carbonyl (C=O) groups is 1. The van der Waals surface area contributed by atoms with Crippen molar-refractivity contribution in [3.8, 4) is 0 Å². The largest absolute Gasteiger partial charge is 0.385 e. The maximum Gasteiger partial charge on any atom is 0.251 e. The predicted octanol–water partition coefficient (Wildman–Crippen LogP) is 2.51. The van der Waals surface area contributed by atoms with Crippen LogP contribution in [0, 0.1) is 6.92 Å². The molecule has 2 aromatic rings. The average molecular weight is 286 g/mol. The molecule has 0 atom stereocenters. The molecule has 5 heteroatoms. The third kappa shape index (κ3) is 4.34. The molecule has 3 N–H and O–H groups in total. The lowest BCUT2D eigenvalue weighted by Gasteiger charge is -2.10. The van der Waals surface area contributed by atoms with Crippen LogP contribution in [0.2, 0.25) is 0 Å². The summed E-state index contributed by atoms with van der Waals surface area (Å²) in [5.41, 5.74) is 2.75. The number of hydrogen-bond acceptors (Lipinski definition) is 3. The second kappa shape index (κ2) is 7.47. The molecule has 21 heavy (non-hydrogen) atoms. The maximum absolute atomic E-state index is 12.2. The molecule has 0 aliphatic carbocycles. The van der Waals surface area contributed by atoms with Crippen molar-refractivity contribution in [1.29, 1.82) is 0 Å². The van der Waals surface area contributed by atoms with Gasteiger partial charge >= 0.3 is 0 Å². The Labute approximate surface area is 125 Å². The highest BCUT2D eigenvalue weighted by Gasteiger charge is 2.09. The summed E-state index contributed by atoms with van der Waals surface area (Å²) in [6, 6.07) is 5.83. The molecule has 0 aliphatic rings. The molecule has 112 valence electrons. The van der Waals surface area contributed by atoms with Crippen molar-refractivity contribution in [3.63, 3.8) is 0 Å². The molecular weight excluding hydrogens is 264 g/mol. The minimum atomic E-state index is -0.0407. The van der Waals surface area contributed by atoms with Crippen molar-refractivity contribution in [3.05, 3.63) is 47.5 Å². The van der Waals surface area contributed by atoms with Crippen LogP contribution in [-0.2, 0) is 6.42 Å². The lowest BCUT2D eigenvalue weighted by atomic mass is 10.1. The summed E-state index contributed by atoms with van der Waals surface area (Å²) in [6.45, 7) is 5.59. The van der Waals surface area contributed by atoms with E-state index in [1.165, 1.54) is 0 Å². The molecule has 1 heterocycles. The van der Waals surface area contributed by atoms with Gasteiger partial charge in [0.2, 0.25) is 0 Å². The van der Waals surface area contributed by atoms with Crippen LogP contribution >= 0.6 is 0 Å². The van der Waals surface area contributed by atoms with E-state index in [1.807, 2.05) is 25.1 Å². The van der Waals surface area contributed by atoms with Crippen LogP contribution in [0.5, 0.6) is 0 Å². The molecular formula is C16H22N4O. The fraction of sp³-hybridized carbons (Fsp3) is 0.375. The van der Waals surface area contributed by atoms with Crippen molar-refractivity contribution in [1.82, 2.24) is 15.3 Å². The average Bonchev–Trinajstić information content (AvgIpc) is 2.98. The Bertz CT molecular complexity index is 578. The number of hydrogen-bond donors (Lipinski definition) is 3. The highest BCUT2D eigenvalue weighted by Crippen LogP contribution is 2.15. The van der Waals surface area contributed by atoms with E-state index >= 15 is 0 Å². The van der Waals surface area contributed by atoms with Gasteiger partial charge < -0.3 is 15.6 Å². The first-order valence-corrected chi connectivity index (χ1v) is 7.31. The lowest BCUT2D eigenvalue weighted by molar-refractivity contribution is 0.0953. The van der Waals surface area contributed by atoms with Gasteiger partial charge in [0.15, 0.2) is 0 Å². The quantitative estimate of drug-likeness (QED) is 0.732. The first-order valence-electron chi connectivity index (χ1n) is 7.31. The molecule has 1 amide bonds. The van der Waals surface area contributed by atoms with Crippen molar-refractivity contribution >= 4 is 11.6 Å². The standard InChI is InChI=1S/C16H22N4O/c1-3-7-17-13-4-5-14(12(2)11-13)16(21)20-8-6-15-18-9-10-19-15/h4-5,9-11,17H,3,6-8H2,1-2H3,(H,18,19)(H,20,21). The smallest absolute Gasteiger partial charge is 0.251 e.